The van der Waals surface area contributed by atoms with E-state index in [2.05, 4.69) is 10.2 Å². The maximum absolute atomic E-state index is 5.55. The van der Waals surface area contributed by atoms with Crippen molar-refractivity contribution < 1.29 is 9.47 Å². The minimum atomic E-state index is 0.706. The zero-order valence-corrected chi connectivity index (χ0v) is 12.4. The third kappa shape index (κ3) is 6.70. The lowest BCUT2D eigenvalue weighted by atomic mass is 10.2. The van der Waals surface area contributed by atoms with Crippen molar-refractivity contribution in [2.24, 2.45) is 5.92 Å². The number of nitrogens with one attached hydrogen (secondary N) is 1. The van der Waals surface area contributed by atoms with Crippen LogP contribution in [0, 0.1) is 5.92 Å². The van der Waals surface area contributed by atoms with Crippen LogP contribution in [0.2, 0.25) is 0 Å². The molecule has 0 spiro atoms. The third-order valence-corrected chi connectivity index (χ3v) is 4.05. The number of rotatable bonds is 11. The molecule has 4 heteroatoms. The smallest absolute Gasteiger partial charge is 0.0700 e. The van der Waals surface area contributed by atoms with Crippen molar-refractivity contribution in [1.82, 2.24) is 10.2 Å². The summed E-state index contributed by atoms with van der Waals surface area (Å²) in [5.41, 5.74) is 0. The quantitative estimate of drug-likeness (QED) is 0.577. The molecule has 0 aromatic heterocycles. The zero-order chi connectivity index (χ0) is 13.3. The second kappa shape index (κ2) is 8.90. The molecule has 1 saturated heterocycles. The van der Waals surface area contributed by atoms with Crippen LogP contribution in [0.5, 0.6) is 0 Å². The normalized spacial score (nSPS) is 23.4. The van der Waals surface area contributed by atoms with Gasteiger partial charge in [-0.15, -0.1) is 0 Å². The molecular weight excluding hydrogens is 240 g/mol. The average molecular weight is 270 g/mol. The molecule has 0 radical (unpaired) electrons. The Morgan fingerprint density at radius 3 is 2.68 bits per heavy atom. The summed E-state index contributed by atoms with van der Waals surface area (Å²) in [5, 5.41) is 3.61. The van der Waals surface area contributed by atoms with Crippen molar-refractivity contribution in [2.45, 2.75) is 38.1 Å². The van der Waals surface area contributed by atoms with Gasteiger partial charge in [-0.1, -0.05) is 0 Å². The first-order valence-electron chi connectivity index (χ1n) is 7.91. The van der Waals surface area contributed by atoms with Gasteiger partial charge in [0.05, 0.1) is 13.2 Å². The summed E-state index contributed by atoms with van der Waals surface area (Å²) in [6.07, 6.45) is 6.73. The molecule has 19 heavy (non-hydrogen) atoms. The van der Waals surface area contributed by atoms with Gasteiger partial charge in [-0.3, -0.25) is 0 Å². The second-order valence-corrected chi connectivity index (χ2v) is 5.95. The Morgan fingerprint density at radius 2 is 2.00 bits per heavy atom. The molecule has 2 rings (SSSR count). The Kier molecular flexibility index (Phi) is 7.14. The van der Waals surface area contributed by atoms with Gasteiger partial charge in [0.25, 0.3) is 0 Å². The summed E-state index contributed by atoms with van der Waals surface area (Å²) < 4.78 is 10.5. The Labute approximate surface area is 117 Å². The van der Waals surface area contributed by atoms with Gasteiger partial charge < -0.3 is 19.7 Å². The molecular formula is C15H30N2O2. The van der Waals surface area contributed by atoms with Crippen molar-refractivity contribution in [3.05, 3.63) is 0 Å². The fourth-order valence-electron chi connectivity index (χ4n) is 2.78. The highest BCUT2D eigenvalue weighted by atomic mass is 16.5. The van der Waals surface area contributed by atoms with Crippen molar-refractivity contribution in [1.29, 1.82) is 0 Å². The lowest BCUT2D eigenvalue weighted by Gasteiger charge is -2.25. The summed E-state index contributed by atoms with van der Waals surface area (Å²) in [5.74, 6) is 0.982. The van der Waals surface area contributed by atoms with E-state index >= 15 is 0 Å². The Balaban J connectivity index is 1.56. The number of methoxy groups -OCH3 is 1. The highest BCUT2D eigenvalue weighted by Crippen LogP contribution is 2.30. The van der Waals surface area contributed by atoms with E-state index in [0.717, 1.165) is 31.6 Å². The number of hydrogen-bond acceptors (Lipinski definition) is 4. The minimum Gasteiger partial charge on any atom is -0.382 e. The fraction of sp³-hybridized carbons (Fsp3) is 1.00. The number of ether oxygens (including phenoxy) is 2. The van der Waals surface area contributed by atoms with Gasteiger partial charge in [-0.2, -0.15) is 0 Å². The summed E-state index contributed by atoms with van der Waals surface area (Å²) >= 11 is 0. The van der Waals surface area contributed by atoms with Gasteiger partial charge in [0.15, 0.2) is 0 Å². The van der Waals surface area contributed by atoms with Gasteiger partial charge in [0.2, 0.25) is 0 Å². The standard InChI is InChI=1S/C15H30N2O2/c1-18-10-11-19-9-3-8-17(12-14-5-6-14)13-15-4-2-7-16-15/h14-16H,2-13H2,1H3. The monoisotopic (exact) mass is 270 g/mol. The molecule has 0 bridgehead atoms. The van der Waals surface area contributed by atoms with Crippen LogP contribution < -0.4 is 5.32 Å². The van der Waals surface area contributed by atoms with Crippen molar-refractivity contribution in [3.8, 4) is 0 Å². The van der Waals surface area contributed by atoms with Gasteiger partial charge in [-0.05, 0) is 44.6 Å². The Bertz CT molecular complexity index is 228. The lowest BCUT2D eigenvalue weighted by molar-refractivity contribution is 0.0645. The first-order chi connectivity index (χ1) is 9.38. The summed E-state index contributed by atoms with van der Waals surface area (Å²) in [4.78, 5) is 2.65. The summed E-state index contributed by atoms with van der Waals surface area (Å²) in [7, 11) is 1.72. The molecule has 1 atom stereocenters. The van der Waals surface area contributed by atoms with E-state index in [9.17, 15) is 0 Å². The Morgan fingerprint density at radius 1 is 1.11 bits per heavy atom. The van der Waals surface area contributed by atoms with Gasteiger partial charge >= 0.3 is 0 Å². The Hall–Kier alpha value is -0.160. The molecule has 1 saturated carbocycles. The topological polar surface area (TPSA) is 33.7 Å². The molecule has 2 aliphatic rings. The first kappa shape index (κ1) is 15.2. The predicted octanol–water partition coefficient (Wildman–Crippen LogP) is 1.50. The van der Waals surface area contributed by atoms with Crippen LogP contribution in [0.4, 0.5) is 0 Å². The predicted molar refractivity (Wildman–Crippen MR) is 77.5 cm³/mol. The van der Waals surface area contributed by atoms with Crippen molar-refractivity contribution in [3.63, 3.8) is 0 Å². The van der Waals surface area contributed by atoms with Crippen molar-refractivity contribution >= 4 is 0 Å². The van der Waals surface area contributed by atoms with Crippen LogP contribution >= 0.6 is 0 Å². The van der Waals surface area contributed by atoms with Crippen LogP contribution in [0.25, 0.3) is 0 Å². The minimum absolute atomic E-state index is 0.706. The maximum atomic E-state index is 5.55. The molecule has 1 aliphatic heterocycles. The molecule has 0 aromatic rings. The molecule has 4 nitrogen and oxygen atoms in total. The number of nitrogens with zero attached hydrogens (tertiary/aromatic N) is 1. The summed E-state index contributed by atoms with van der Waals surface area (Å²) in [6, 6.07) is 0.730. The summed E-state index contributed by atoms with van der Waals surface area (Å²) in [6.45, 7) is 7.22. The number of hydrogen-bond donors (Lipinski definition) is 1. The molecule has 2 fully saturated rings. The van der Waals surface area contributed by atoms with E-state index in [1.165, 1.54) is 51.9 Å². The lowest BCUT2D eigenvalue weighted by Crippen LogP contribution is -2.39. The molecule has 1 heterocycles. The third-order valence-electron chi connectivity index (χ3n) is 4.05. The molecule has 0 aromatic carbocycles. The van der Waals surface area contributed by atoms with E-state index in [0.29, 0.717) is 6.61 Å². The molecule has 1 N–H and O–H groups in total. The molecule has 1 aliphatic carbocycles. The van der Waals surface area contributed by atoms with E-state index in [-0.39, 0.29) is 0 Å². The fourth-order valence-corrected chi connectivity index (χ4v) is 2.78. The highest BCUT2D eigenvalue weighted by Gasteiger charge is 2.26. The van der Waals surface area contributed by atoms with E-state index < -0.39 is 0 Å². The molecule has 1 unspecified atom stereocenters. The highest BCUT2D eigenvalue weighted by molar-refractivity contribution is 4.82. The van der Waals surface area contributed by atoms with Crippen LogP contribution in [0.15, 0.2) is 0 Å². The van der Waals surface area contributed by atoms with Crippen LogP contribution in [0.1, 0.15) is 32.1 Å². The molecule has 112 valence electrons. The SMILES string of the molecule is COCCOCCCN(CC1CC1)CC1CCCN1. The van der Waals surface area contributed by atoms with Gasteiger partial charge in [0, 0.05) is 39.4 Å². The van der Waals surface area contributed by atoms with Crippen LogP contribution in [-0.2, 0) is 9.47 Å². The van der Waals surface area contributed by atoms with E-state index in [4.69, 9.17) is 9.47 Å². The van der Waals surface area contributed by atoms with Crippen LogP contribution in [-0.4, -0.2) is 64.1 Å². The van der Waals surface area contributed by atoms with Gasteiger partial charge in [0.1, 0.15) is 0 Å². The molecule has 0 amide bonds. The van der Waals surface area contributed by atoms with Crippen molar-refractivity contribution in [2.75, 3.05) is 53.1 Å². The second-order valence-electron chi connectivity index (χ2n) is 5.95. The zero-order valence-electron chi connectivity index (χ0n) is 12.4. The van der Waals surface area contributed by atoms with Crippen LogP contribution in [0.3, 0.4) is 0 Å². The maximum Gasteiger partial charge on any atom is 0.0700 e. The average Bonchev–Trinajstić information content (AvgIpc) is 3.07. The largest absolute Gasteiger partial charge is 0.382 e. The van der Waals surface area contributed by atoms with E-state index in [1.54, 1.807) is 7.11 Å². The van der Waals surface area contributed by atoms with E-state index in [1.807, 2.05) is 0 Å². The van der Waals surface area contributed by atoms with Gasteiger partial charge in [-0.25, -0.2) is 0 Å². The first-order valence-corrected chi connectivity index (χ1v) is 7.91.